The summed E-state index contributed by atoms with van der Waals surface area (Å²) in [5.74, 6) is -2.43. The standard InChI is InChI=1S/C22H22O7/c1-4-26-19(23)16-13-29-17-12-11-14-9-7-8-10-15(14)18(17)22(16,20(24)27-5-2)21(25)28-6-3/h7-13H,4-6H2,1-3H3. The second-order valence-electron chi connectivity index (χ2n) is 6.22. The van der Waals surface area contributed by atoms with Crippen molar-refractivity contribution in [1.82, 2.24) is 0 Å². The number of benzene rings is 2. The molecule has 0 aliphatic carbocycles. The van der Waals surface area contributed by atoms with Crippen LogP contribution in [0.25, 0.3) is 10.8 Å². The molecule has 7 nitrogen and oxygen atoms in total. The zero-order chi connectivity index (χ0) is 21.0. The van der Waals surface area contributed by atoms with Gasteiger partial charge in [-0.1, -0.05) is 30.3 Å². The third-order valence-corrected chi connectivity index (χ3v) is 4.63. The van der Waals surface area contributed by atoms with Crippen molar-refractivity contribution >= 4 is 28.7 Å². The van der Waals surface area contributed by atoms with Crippen LogP contribution in [0.15, 0.2) is 48.2 Å². The molecule has 0 saturated heterocycles. The molecule has 0 spiro atoms. The molecule has 1 heterocycles. The number of carbonyl (C=O) groups excluding carboxylic acids is 3. The third-order valence-electron chi connectivity index (χ3n) is 4.63. The Morgan fingerprint density at radius 2 is 1.48 bits per heavy atom. The molecule has 0 amide bonds. The minimum atomic E-state index is -2.16. The normalized spacial score (nSPS) is 14.2. The van der Waals surface area contributed by atoms with Crippen LogP contribution in [-0.4, -0.2) is 37.7 Å². The van der Waals surface area contributed by atoms with Crippen molar-refractivity contribution in [3.63, 3.8) is 0 Å². The number of esters is 3. The molecule has 0 saturated carbocycles. The van der Waals surface area contributed by atoms with Gasteiger partial charge in [-0.3, -0.25) is 9.59 Å². The lowest BCUT2D eigenvalue weighted by Gasteiger charge is -2.35. The van der Waals surface area contributed by atoms with Gasteiger partial charge in [0, 0.05) is 5.56 Å². The van der Waals surface area contributed by atoms with Crippen LogP contribution in [0.3, 0.4) is 0 Å². The summed E-state index contributed by atoms with van der Waals surface area (Å²) in [5.41, 5.74) is -2.23. The van der Waals surface area contributed by atoms with Gasteiger partial charge in [-0.25, -0.2) is 4.79 Å². The monoisotopic (exact) mass is 398 g/mol. The maximum absolute atomic E-state index is 13.3. The Morgan fingerprint density at radius 1 is 0.862 bits per heavy atom. The molecule has 0 aromatic heterocycles. The third kappa shape index (κ3) is 3.22. The predicted molar refractivity (Wildman–Crippen MR) is 104 cm³/mol. The second kappa shape index (κ2) is 8.34. The van der Waals surface area contributed by atoms with Crippen molar-refractivity contribution in [3.8, 4) is 5.75 Å². The van der Waals surface area contributed by atoms with Crippen molar-refractivity contribution in [2.45, 2.75) is 26.2 Å². The highest BCUT2D eigenvalue weighted by Gasteiger charge is 2.60. The first-order valence-electron chi connectivity index (χ1n) is 9.43. The molecule has 0 radical (unpaired) electrons. The van der Waals surface area contributed by atoms with Gasteiger partial charge in [-0.05, 0) is 37.6 Å². The van der Waals surface area contributed by atoms with E-state index in [4.69, 9.17) is 18.9 Å². The smallest absolute Gasteiger partial charge is 0.339 e. The minimum absolute atomic E-state index is 0.0110. The highest BCUT2D eigenvalue weighted by molar-refractivity contribution is 6.20. The highest BCUT2D eigenvalue weighted by atomic mass is 16.6. The first-order chi connectivity index (χ1) is 14.0. The fourth-order valence-electron chi connectivity index (χ4n) is 3.48. The first kappa shape index (κ1) is 20.4. The van der Waals surface area contributed by atoms with E-state index < -0.39 is 23.3 Å². The number of hydrogen-bond donors (Lipinski definition) is 0. The van der Waals surface area contributed by atoms with Gasteiger partial charge in [-0.15, -0.1) is 0 Å². The van der Waals surface area contributed by atoms with E-state index >= 15 is 0 Å². The second-order valence-corrected chi connectivity index (χ2v) is 6.22. The molecule has 1 aliphatic rings. The van der Waals surface area contributed by atoms with E-state index in [1.165, 1.54) is 0 Å². The molecule has 0 unspecified atom stereocenters. The maximum atomic E-state index is 13.3. The number of ether oxygens (including phenoxy) is 4. The quantitative estimate of drug-likeness (QED) is 0.420. The van der Waals surface area contributed by atoms with Gasteiger partial charge in [0.1, 0.15) is 17.6 Å². The van der Waals surface area contributed by atoms with Crippen LogP contribution >= 0.6 is 0 Å². The minimum Gasteiger partial charge on any atom is -0.465 e. The van der Waals surface area contributed by atoms with E-state index in [0.717, 1.165) is 11.6 Å². The summed E-state index contributed by atoms with van der Waals surface area (Å²) < 4.78 is 21.3. The van der Waals surface area contributed by atoms with E-state index in [1.54, 1.807) is 45.0 Å². The zero-order valence-corrected chi connectivity index (χ0v) is 16.5. The summed E-state index contributed by atoms with van der Waals surface area (Å²) in [6.45, 7) is 4.94. The fraction of sp³-hybridized carbons (Fsp3) is 0.318. The number of hydrogen-bond acceptors (Lipinski definition) is 7. The Morgan fingerprint density at radius 3 is 2.10 bits per heavy atom. The number of fused-ring (bicyclic) bond motifs is 3. The lowest BCUT2D eigenvalue weighted by Crippen LogP contribution is -2.51. The van der Waals surface area contributed by atoms with E-state index in [-0.39, 0.29) is 36.7 Å². The van der Waals surface area contributed by atoms with Crippen molar-refractivity contribution < 1.29 is 33.3 Å². The van der Waals surface area contributed by atoms with Crippen LogP contribution in [-0.2, 0) is 34.0 Å². The summed E-state index contributed by atoms with van der Waals surface area (Å²) in [7, 11) is 0. The van der Waals surface area contributed by atoms with Gasteiger partial charge in [0.25, 0.3) is 0 Å². The van der Waals surface area contributed by atoms with Crippen molar-refractivity contribution in [3.05, 3.63) is 53.8 Å². The largest absolute Gasteiger partial charge is 0.465 e. The molecule has 7 heteroatoms. The average molecular weight is 398 g/mol. The van der Waals surface area contributed by atoms with Crippen LogP contribution in [0.4, 0.5) is 0 Å². The lowest BCUT2D eigenvalue weighted by atomic mass is 9.71. The van der Waals surface area contributed by atoms with Gasteiger partial charge in [0.2, 0.25) is 5.41 Å². The van der Waals surface area contributed by atoms with E-state index in [2.05, 4.69) is 0 Å². The first-order valence-corrected chi connectivity index (χ1v) is 9.43. The molecule has 152 valence electrons. The van der Waals surface area contributed by atoms with Crippen LogP contribution in [0, 0.1) is 0 Å². The zero-order valence-electron chi connectivity index (χ0n) is 16.5. The van der Waals surface area contributed by atoms with Crippen LogP contribution < -0.4 is 4.74 Å². The molecular formula is C22H22O7. The van der Waals surface area contributed by atoms with Gasteiger partial charge < -0.3 is 18.9 Å². The maximum Gasteiger partial charge on any atom is 0.339 e. The molecule has 2 aromatic rings. The van der Waals surface area contributed by atoms with Crippen LogP contribution in [0.1, 0.15) is 26.3 Å². The highest BCUT2D eigenvalue weighted by Crippen LogP contribution is 2.47. The van der Waals surface area contributed by atoms with Gasteiger partial charge in [0.05, 0.1) is 19.8 Å². The SMILES string of the molecule is CCOC(=O)C1=COc2ccc3ccccc3c2C1(C(=O)OCC)C(=O)OCC. The van der Waals surface area contributed by atoms with E-state index in [0.29, 0.717) is 5.39 Å². The molecule has 3 rings (SSSR count). The van der Waals surface area contributed by atoms with E-state index in [1.807, 2.05) is 12.1 Å². The Hall–Kier alpha value is -3.35. The molecule has 0 atom stereocenters. The molecule has 0 N–H and O–H groups in total. The van der Waals surface area contributed by atoms with Gasteiger partial charge in [-0.2, -0.15) is 0 Å². The van der Waals surface area contributed by atoms with Crippen molar-refractivity contribution in [2.75, 3.05) is 19.8 Å². The summed E-state index contributed by atoms with van der Waals surface area (Å²) in [4.78, 5) is 39.5. The molecule has 2 aromatic carbocycles. The van der Waals surface area contributed by atoms with Crippen LogP contribution in [0.2, 0.25) is 0 Å². The molecular weight excluding hydrogens is 376 g/mol. The van der Waals surface area contributed by atoms with Gasteiger partial charge >= 0.3 is 17.9 Å². The summed E-state index contributed by atoms with van der Waals surface area (Å²) in [6, 6.07) is 10.6. The average Bonchev–Trinajstić information content (AvgIpc) is 2.73. The molecule has 1 aliphatic heterocycles. The lowest BCUT2D eigenvalue weighted by molar-refractivity contribution is -0.165. The Bertz CT molecular complexity index is 972. The van der Waals surface area contributed by atoms with Crippen molar-refractivity contribution in [2.24, 2.45) is 0 Å². The number of carbonyl (C=O) groups is 3. The summed E-state index contributed by atoms with van der Waals surface area (Å²) >= 11 is 0. The Labute approximate surface area is 168 Å². The number of rotatable bonds is 6. The molecule has 29 heavy (non-hydrogen) atoms. The van der Waals surface area contributed by atoms with Crippen LogP contribution in [0.5, 0.6) is 5.75 Å². The Kier molecular flexibility index (Phi) is 5.87. The van der Waals surface area contributed by atoms with Gasteiger partial charge in [0.15, 0.2) is 0 Å². The van der Waals surface area contributed by atoms with E-state index in [9.17, 15) is 14.4 Å². The summed E-state index contributed by atoms with van der Waals surface area (Å²) in [5, 5.41) is 1.33. The molecule has 0 fully saturated rings. The summed E-state index contributed by atoms with van der Waals surface area (Å²) in [6.07, 6.45) is 1.07. The topological polar surface area (TPSA) is 88.1 Å². The predicted octanol–water partition coefficient (Wildman–Crippen LogP) is 3.04. The fourth-order valence-corrected chi connectivity index (χ4v) is 3.48. The van der Waals surface area contributed by atoms with Crippen molar-refractivity contribution in [1.29, 1.82) is 0 Å². The molecule has 0 bridgehead atoms. The Balaban J connectivity index is 2.42.